The minimum atomic E-state index is -5.54. The van der Waals surface area contributed by atoms with Gasteiger partial charge in [0.05, 0.1) is 10.3 Å². The molecule has 134 valence electrons. The third-order valence-electron chi connectivity index (χ3n) is 4.28. The third-order valence-corrected chi connectivity index (χ3v) is 6.23. The van der Waals surface area contributed by atoms with Crippen LogP contribution in [-0.4, -0.2) is 36.2 Å². The minimum Gasteiger partial charge on any atom is -0.744 e. The molecule has 0 aliphatic rings. The first-order valence-electron chi connectivity index (χ1n) is 7.09. The SMILES string of the molecule is O=S(=O)([O-])c1c(S(=O)(=O)[O-])c2ccc3cccc4cc(O)c(c1O)c2c34.[Na+].[Na+]. The average molecular weight is 438 g/mol. The van der Waals surface area contributed by atoms with Crippen molar-refractivity contribution in [1.82, 2.24) is 0 Å². The topological polar surface area (TPSA) is 155 Å². The van der Waals surface area contributed by atoms with Gasteiger partial charge in [0, 0.05) is 10.8 Å². The van der Waals surface area contributed by atoms with E-state index in [2.05, 4.69) is 0 Å². The van der Waals surface area contributed by atoms with Crippen LogP contribution in [0.15, 0.2) is 46.2 Å². The second-order valence-electron chi connectivity index (χ2n) is 5.75. The summed E-state index contributed by atoms with van der Waals surface area (Å²) >= 11 is 0. The number of aromatic hydroxyl groups is 2. The summed E-state index contributed by atoms with van der Waals surface area (Å²) in [5, 5.41) is 21.3. The van der Waals surface area contributed by atoms with E-state index in [-0.39, 0.29) is 69.9 Å². The van der Waals surface area contributed by atoms with Gasteiger partial charge in [-0.3, -0.25) is 0 Å². The zero-order valence-electron chi connectivity index (χ0n) is 14.6. The molecule has 0 amide bonds. The van der Waals surface area contributed by atoms with Gasteiger partial charge in [0.25, 0.3) is 0 Å². The monoisotopic (exact) mass is 438 g/mol. The molecule has 4 aromatic carbocycles. The summed E-state index contributed by atoms with van der Waals surface area (Å²) in [5.41, 5.74) is 0. The third kappa shape index (κ3) is 3.41. The molecule has 0 radical (unpaired) electrons. The molecule has 0 atom stereocenters. The average Bonchev–Trinajstić information content (AvgIpc) is 2.51. The minimum absolute atomic E-state index is 0. The molecule has 0 aliphatic heterocycles. The van der Waals surface area contributed by atoms with E-state index < -0.39 is 46.9 Å². The molecule has 0 bridgehead atoms. The van der Waals surface area contributed by atoms with Crippen LogP contribution in [0.25, 0.3) is 32.3 Å². The van der Waals surface area contributed by atoms with Crippen LogP contribution in [0.5, 0.6) is 11.5 Å². The van der Waals surface area contributed by atoms with E-state index in [0.29, 0.717) is 16.2 Å². The molecule has 0 unspecified atom stereocenters. The van der Waals surface area contributed by atoms with E-state index in [1.165, 1.54) is 18.2 Å². The van der Waals surface area contributed by atoms with Crippen LogP contribution >= 0.6 is 0 Å². The van der Waals surface area contributed by atoms with E-state index in [9.17, 15) is 36.2 Å². The maximum Gasteiger partial charge on any atom is 1.00 e. The van der Waals surface area contributed by atoms with Crippen molar-refractivity contribution >= 4 is 52.6 Å². The summed E-state index contributed by atoms with van der Waals surface area (Å²) < 4.78 is 70.1. The molecule has 0 saturated heterocycles. The summed E-state index contributed by atoms with van der Waals surface area (Å²) in [6.45, 7) is 0. The molecular weight excluding hydrogens is 430 g/mol. The zero-order chi connectivity index (χ0) is 19.0. The van der Waals surface area contributed by atoms with Gasteiger partial charge in [-0.2, -0.15) is 0 Å². The molecule has 0 fully saturated rings. The van der Waals surface area contributed by atoms with Gasteiger partial charge in [0.2, 0.25) is 0 Å². The Morgan fingerprint density at radius 2 is 1.29 bits per heavy atom. The second-order valence-corrected chi connectivity index (χ2v) is 8.39. The van der Waals surface area contributed by atoms with E-state index in [1.54, 1.807) is 18.2 Å². The van der Waals surface area contributed by atoms with Gasteiger partial charge in [0.1, 0.15) is 36.6 Å². The van der Waals surface area contributed by atoms with E-state index in [1.807, 2.05) is 0 Å². The van der Waals surface area contributed by atoms with Crippen LogP contribution in [0, 0.1) is 0 Å². The molecule has 0 spiro atoms. The Morgan fingerprint density at radius 1 is 0.714 bits per heavy atom. The van der Waals surface area contributed by atoms with Crippen LogP contribution in [0.4, 0.5) is 0 Å². The normalized spacial score (nSPS) is 12.2. The van der Waals surface area contributed by atoms with Gasteiger partial charge < -0.3 is 19.3 Å². The van der Waals surface area contributed by atoms with Crippen LogP contribution in [0.1, 0.15) is 0 Å². The molecule has 0 aromatic heterocycles. The molecule has 0 aliphatic carbocycles. The maximum absolute atomic E-state index is 11.8. The molecule has 2 N–H and O–H groups in total. The van der Waals surface area contributed by atoms with Crippen molar-refractivity contribution in [3.8, 4) is 11.5 Å². The summed E-state index contributed by atoms with van der Waals surface area (Å²) in [6.07, 6.45) is 0. The summed E-state index contributed by atoms with van der Waals surface area (Å²) in [6, 6.07) is 8.84. The maximum atomic E-state index is 11.8. The molecule has 4 rings (SSSR count). The van der Waals surface area contributed by atoms with Crippen molar-refractivity contribution < 1.29 is 95.3 Å². The van der Waals surface area contributed by atoms with E-state index in [0.717, 1.165) is 0 Å². The smallest absolute Gasteiger partial charge is 0.744 e. The molecular formula is C16H8Na2O8S2. The van der Waals surface area contributed by atoms with Gasteiger partial charge in [-0.15, -0.1) is 0 Å². The van der Waals surface area contributed by atoms with Crippen molar-refractivity contribution in [2.75, 3.05) is 0 Å². The molecule has 4 aromatic rings. The fourth-order valence-electron chi connectivity index (χ4n) is 3.39. The van der Waals surface area contributed by atoms with Crippen molar-refractivity contribution in [2.24, 2.45) is 0 Å². The Labute approximate surface area is 203 Å². The van der Waals surface area contributed by atoms with Crippen molar-refractivity contribution in [1.29, 1.82) is 0 Å². The first-order chi connectivity index (χ1) is 12.0. The largest absolute Gasteiger partial charge is 1.00 e. The fraction of sp³-hybridized carbons (Fsp3) is 0. The number of hydrogen-bond donors (Lipinski definition) is 2. The number of phenols is 2. The molecule has 0 saturated carbocycles. The number of benzene rings is 4. The van der Waals surface area contributed by atoms with Crippen LogP contribution in [-0.2, 0) is 20.2 Å². The van der Waals surface area contributed by atoms with Crippen molar-refractivity contribution in [2.45, 2.75) is 9.79 Å². The van der Waals surface area contributed by atoms with Crippen molar-refractivity contribution in [3.05, 3.63) is 36.4 Å². The number of phenolic OH excluding ortho intramolecular Hbond substituents is 2. The predicted molar refractivity (Wildman–Crippen MR) is 89.4 cm³/mol. The van der Waals surface area contributed by atoms with Crippen LogP contribution in [0.3, 0.4) is 0 Å². The van der Waals surface area contributed by atoms with Crippen LogP contribution in [0.2, 0.25) is 0 Å². The summed E-state index contributed by atoms with van der Waals surface area (Å²) in [5.74, 6) is -1.82. The van der Waals surface area contributed by atoms with Gasteiger partial charge in [0.15, 0.2) is 0 Å². The Kier molecular flexibility index (Phi) is 6.37. The molecule has 28 heavy (non-hydrogen) atoms. The number of hydrogen-bond acceptors (Lipinski definition) is 8. The second kappa shape index (κ2) is 7.55. The standard InChI is InChI=1S/C16H10O8S2.2Na/c17-10-6-8-3-1-2-7-4-5-9-12(11(7)8)13(10)14(18)16(26(22,23)24)15(9)25(19,20)21;;/h1-6,17-18H,(H,19,20,21)(H,22,23,24);;/q;2*+1/p-2. The first kappa shape index (κ1) is 23.6. The first-order valence-corrected chi connectivity index (χ1v) is 9.90. The fourth-order valence-corrected chi connectivity index (χ4v) is 5.44. The molecule has 0 heterocycles. The van der Waals surface area contributed by atoms with Crippen LogP contribution < -0.4 is 59.1 Å². The Hall–Kier alpha value is -0.660. The Bertz CT molecular complexity index is 1450. The molecule has 12 heteroatoms. The molecule has 8 nitrogen and oxygen atoms in total. The van der Waals surface area contributed by atoms with E-state index in [4.69, 9.17) is 0 Å². The summed E-state index contributed by atoms with van der Waals surface area (Å²) in [7, 11) is -11.0. The zero-order valence-corrected chi connectivity index (χ0v) is 20.3. The van der Waals surface area contributed by atoms with Gasteiger partial charge in [-0.1, -0.05) is 30.3 Å². The number of rotatable bonds is 2. The van der Waals surface area contributed by atoms with E-state index >= 15 is 0 Å². The van der Waals surface area contributed by atoms with Gasteiger partial charge in [-0.05, 0) is 22.2 Å². The predicted octanol–water partition coefficient (Wildman–Crippen LogP) is -4.19. The Balaban J connectivity index is 0.00000140. The van der Waals surface area contributed by atoms with Gasteiger partial charge in [-0.25, -0.2) is 16.8 Å². The Morgan fingerprint density at radius 3 is 1.86 bits per heavy atom. The quantitative estimate of drug-likeness (QED) is 0.181. The summed E-state index contributed by atoms with van der Waals surface area (Å²) in [4.78, 5) is -2.89. The van der Waals surface area contributed by atoms with Crippen molar-refractivity contribution in [3.63, 3.8) is 0 Å². The van der Waals surface area contributed by atoms with Gasteiger partial charge >= 0.3 is 59.1 Å².